The number of rotatable bonds is 4. The Bertz CT molecular complexity index is 2480. The maximum Gasteiger partial charge on any atom is 0.164 e. The second-order valence-electron chi connectivity index (χ2n) is 12.9. The average molecular weight is 618 g/mol. The fraction of sp³-hybridized carbons (Fsp3) is 0.0465. The van der Waals surface area contributed by atoms with Crippen LogP contribution in [0.15, 0.2) is 152 Å². The summed E-state index contributed by atoms with van der Waals surface area (Å²) in [5.74, 6) is 2.04. The molecule has 0 amide bonds. The molecule has 9 rings (SSSR count). The van der Waals surface area contributed by atoms with Gasteiger partial charge in [0, 0.05) is 16.7 Å². The monoisotopic (exact) mass is 617 g/mol. The minimum atomic E-state index is -1.99. The molecule has 2 heterocycles. The van der Waals surface area contributed by atoms with Crippen LogP contribution in [0.4, 0.5) is 0 Å². The van der Waals surface area contributed by atoms with Gasteiger partial charge in [-0.3, -0.25) is 0 Å². The molecule has 0 fully saturated rings. The van der Waals surface area contributed by atoms with Gasteiger partial charge in [0.05, 0.1) is 0 Å². The number of benzene rings is 7. The van der Waals surface area contributed by atoms with E-state index < -0.39 is 8.07 Å². The van der Waals surface area contributed by atoms with Gasteiger partial charge in [-0.15, -0.1) is 0 Å². The van der Waals surface area contributed by atoms with Crippen molar-refractivity contribution in [2.75, 3.05) is 0 Å². The lowest BCUT2D eigenvalue weighted by Crippen LogP contribution is -2.49. The van der Waals surface area contributed by atoms with Crippen molar-refractivity contribution in [3.05, 3.63) is 152 Å². The van der Waals surface area contributed by atoms with Crippen LogP contribution in [0.5, 0.6) is 0 Å². The Morgan fingerprint density at radius 2 is 0.915 bits per heavy atom. The van der Waals surface area contributed by atoms with Gasteiger partial charge in [-0.1, -0.05) is 159 Å². The number of hydrogen-bond donors (Lipinski definition) is 0. The Kier molecular flexibility index (Phi) is 6.27. The molecule has 0 radical (unpaired) electrons. The van der Waals surface area contributed by atoms with E-state index in [1.54, 1.807) is 0 Å². The van der Waals surface area contributed by atoms with Gasteiger partial charge < -0.3 is 0 Å². The van der Waals surface area contributed by atoms with Gasteiger partial charge in [0.25, 0.3) is 0 Å². The highest BCUT2D eigenvalue weighted by molar-refractivity contribution is 7.05. The van der Waals surface area contributed by atoms with Crippen LogP contribution in [0.2, 0.25) is 13.1 Å². The van der Waals surface area contributed by atoms with E-state index in [0.29, 0.717) is 17.5 Å². The summed E-state index contributed by atoms with van der Waals surface area (Å²) >= 11 is 0. The first-order chi connectivity index (χ1) is 23.0. The lowest BCUT2D eigenvalue weighted by atomic mass is 10.00. The summed E-state index contributed by atoms with van der Waals surface area (Å²) in [6.07, 6.45) is 0. The first kappa shape index (κ1) is 27.6. The van der Waals surface area contributed by atoms with Crippen LogP contribution in [0.25, 0.3) is 78.0 Å². The summed E-state index contributed by atoms with van der Waals surface area (Å²) in [5.41, 5.74) is 8.02. The molecule has 0 bridgehead atoms. The van der Waals surface area contributed by atoms with Crippen LogP contribution < -0.4 is 10.4 Å². The third kappa shape index (κ3) is 4.60. The summed E-state index contributed by atoms with van der Waals surface area (Å²) in [6, 6.07) is 54.1. The summed E-state index contributed by atoms with van der Waals surface area (Å²) in [4.78, 5) is 15.2. The Morgan fingerprint density at radius 1 is 0.383 bits per heavy atom. The molecule has 3 nitrogen and oxygen atoms in total. The predicted octanol–water partition coefficient (Wildman–Crippen LogP) is 9.65. The molecule has 0 unspecified atom stereocenters. The van der Waals surface area contributed by atoms with Crippen molar-refractivity contribution < 1.29 is 0 Å². The summed E-state index contributed by atoms with van der Waals surface area (Å²) in [7, 11) is -1.99. The van der Waals surface area contributed by atoms with Crippen molar-refractivity contribution in [1.82, 2.24) is 15.0 Å². The van der Waals surface area contributed by atoms with Crippen molar-refractivity contribution >= 4 is 40.0 Å². The minimum absolute atomic E-state index is 0.671. The van der Waals surface area contributed by atoms with Gasteiger partial charge in [-0.05, 0) is 60.2 Å². The molecule has 0 spiro atoms. The number of fused-ring (bicyclic) bond motifs is 6. The zero-order valence-corrected chi connectivity index (χ0v) is 27.3. The molecule has 0 aliphatic carbocycles. The molecule has 0 saturated carbocycles. The van der Waals surface area contributed by atoms with Crippen molar-refractivity contribution in [2.24, 2.45) is 0 Å². The largest absolute Gasteiger partial charge is 0.208 e. The van der Waals surface area contributed by atoms with Gasteiger partial charge in [-0.2, -0.15) is 0 Å². The lowest BCUT2D eigenvalue weighted by Gasteiger charge is -2.21. The average Bonchev–Trinajstić information content (AvgIpc) is 3.37. The second kappa shape index (κ2) is 10.7. The maximum absolute atomic E-state index is 5.11. The van der Waals surface area contributed by atoms with Crippen LogP contribution in [-0.2, 0) is 0 Å². The second-order valence-corrected chi connectivity index (χ2v) is 17.2. The first-order valence-electron chi connectivity index (χ1n) is 16.1. The Balaban J connectivity index is 1.15. The fourth-order valence-corrected chi connectivity index (χ4v) is 10.7. The third-order valence-electron chi connectivity index (χ3n) is 9.69. The quantitative estimate of drug-likeness (QED) is 0.185. The first-order valence-corrected chi connectivity index (χ1v) is 19.1. The van der Waals surface area contributed by atoms with Crippen molar-refractivity contribution in [3.63, 3.8) is 0 Å². The predicted molar refractivity (Wildman–Crippen MR) is 199 cm³/mol. The number of nitrogens with zero attached hydrogens (tertiary/aromatic N) is 3. The van der Waals surface area contributed by atoms with E-state index in [1.165, 1.54) is 48.6 Å². The van der Waals surface area contributed by atoms with E-state index in [0.717, 1.165) is 22.3 Å². The summed E-state index contributed by atoms with van der Waals surface area (Å²) < 4.78 is 0. The van der Waals surface area contributed by atoms with Crippen molar-refractivity contribution in [2.45, 2.75) is 13.1 Å². The maximum atomic E-state index is 5.11. The van der Waals surface area contributed by atoms with Gasteiger partial charge in [0.2, 0.25) is 0 Å². The van der Waals surface area contributed by atoms with Crippen molar-refractivity contribution in [3.8, 4) is 56.4 Å². The molecule has 4 heteroatoms. The molecule has 8 aromatic rings. The molecule has 222 valence electrons. The molecule has 0 saturated heterocycles. The molecule has 1 aromatic heterocycles. The molecular formula is C43H31N3Si. The van der Waals surface area contributed by atoms with E-state index in [2.05, 4.69) is 147 Å². The van der Waals surface area contributed by atoms with Crippen LogP contribution in [0.3, 0.4) is 0 Å². The van der Waals surface area contributed by atoms with E-state index in [-0.39, 0.29) is 0 Å². The minimum Gasteiger partial charge on any atom is -0.208 e. The van der Waals surface area contributed by atoms with E-state index in [9.17, 15) is 0 Å². The van der Waals surface area contributed by atoms with Crippen LogP contribution in [0, 0.1) is 0 Å². The molecule has 47 heavy (non-hydrogen) atoms. The normalized spacial score (nSPS) is 13.1. The Hall–Kier alpha value is -5.71. The number of hydrogen-bond acceptors (Lipinski definition) is 3. The SMILES string of the molecule is C[Si]1(C)c2cc(-c3nc(-c4ccccc4)nc(-c4ccc(-c5ccc6ccccc6c5)cc4)n3)ccc2-c2ccc3ccccc3c21. The van der Waals surface area contributed by atoms with Gasteiger partial charge >= 0.3 is 0 Å². The van der Waals surface area contributed by atoms with Gasteiger partial charge in [-0.25, -0.2) is 15.0 Å². The topological polar surface area (TPSA) is 38.7 Å². The Morgan fingerprint density at radius 3 is 1.68 bits per heavy atom. The van der Waals surface area contributed by atoms with E-state index in [4.69, 9.17) is 15.0 Å². The fourth-order valence-electron chi connectivity index (χ4n) is 7.27. The highest BCUT2D eigenvalue weighted by atomic mass is 28.3. The molecular weight excluding hydrogens is 587 g/mol. The third-order valence-corrected chi connectivity index (χ3v) is 13.2. The van der Waals surface area contributed by atoms with Crippen LogP contribution >= 0.6 is 0 Å². The zero-order chi connectivity index (χ0) is 31.5. The van der Waals surface area contributed by atoms with Gasteiger partial charge in [0.1, 0.15) is 8.07 Å². The van der Waals surface area contributed by atoms with Gasteiger partial charge in [0.15, 0.2) is 17.5 Å². The highest BCUT2D eigenvalue weighted by Gasteiger charge is 2.39. The molecule has 1 aliphatic heterocycles. The molecule has 7 aromatic carbocycles. The lowest BCUT2D eigenvalue weighted by molar-refractivity contribution is 1.07. The molecule has 0 N–H and O–H groups in total. The highest BCUT2D eigenvalue weighted by Crippen LogP contribution is 2.35. The standard InChI is InChI=1S/C43H31N3Si/c1-47(2)39-27-35(23-24-37(39)38-25-22-30-11-8-9-15-36(30)40(38)47)43-45-41(31-12-4-3-5-13-31)44-42(46-43)32-19-16-29(17-20-32)34-21-18-28-10-6-7-14-33(28)26-34/h3-27H,1-2H3. The van der Waals surface area contributed by atoms with E-state index in [1.807, 2.05) is 18.2 Å². The molecule has 1 aliphatic rings. The van der Waals surface area contributed by atoms with Crippen LogP contribution in [-0.4, -0.2) is 23.0 Å². The van der Waals surface area contributed by atoms with Crippen molar-refractivity contribution in [1.29, 1.82) is 0 Å². The summed E-state index contributed by atoms with van der Waals surface area (Å²) in [6.45, 7) is 4.94. The van der Waals surface area contributed by atoms with E-state index >= 15 is 0 Å². The molecule has 0 atom stereocenters. The van der Waals surface area contributed by atoms with Crippen LogP contribution in [0.1, 0.15) is 0 Å². The Labute approximate surface area is 275 Å². The smallest absolute Gasteiger partial charge is 0.164 e. The number of aromatic nitrogens is 3. The zero-order valence-electron chi connectivity index (χ0n) is 26.3. The summed E-state index contributed by atoms with van der Waals surface area (Å²) in [5, 5.41) is 8.12.